The molecule has 1 amide bonds. The number of rotatable bonds is 4. The van der Waals surface area contributed by atoms with Crippen LogP contribution in [0.2, 0.25) is 5.02 Å². The summed E-state index contributed by atoms with van der Waals surface area (Å²) in [7, 11) is -3.39. The number of hydrogen-bond donors (Lipinski definition) is 0. The first-order chi connectivity index (χ1) is 14.9. The van der Waals surface area contributed by atoms with E-state index in [0.29, 0.717) is 23.2 Å². The van der Waals surface area contributed by atoms with Gasteiger partial charge in [0.1, 0.15) is 4.75 Å². The highest BCUT2D eigenvalue weighted by molar-refractivity contribution is 7.93. The highest BCUT2D eigenvalue weighted by Crippen LogP contribution is 2.49. The van der Waals surface area contributed by atoms with Gasteiger partial charge in [-0.25, -0.2) is 8.42 Å². The van der Waals surface area contributed by atoms with Crippen LogP contribution in [0.1, 0.15) is 23.8 Å². The lowest BCUT2D eigenvalue weighted by Gasteiger charge is -2.49. The summed E-state index contributed by atoms with van der Waals surface area (Å²) < 4.78 is 30.3. The Kier molecular flexibility index (Phi) is 4.86. The van der Waals surface area contributed by atoms with Crippen molar-refractivity contribution in [1.29, 1.82) is 0 Å². The van der Waals surface area contributed by atoms with Crippen LogP contribution in [0.25, 0.3) is 11.4 Å². The molecule has 0 bridgehead atoms. The van der Waals surface area contributed by atoms with Gasteiger partial charge in [-0.2, -0.15) is 4.98 Å². The third kappa shape index (κ3) is 3.43. The molecule has 31 heavy (non-hydrogen) atoms. The van der Waals surface area contributed by atoms with Crippen LogP contribution in [-0.4, -0.2) is 53.0 Å². The van der Waals surface area contributed by atoms with Crippen molar-refractivity contribution in [2.24, 2.45) is 0 Å². The van der Waals surface area contributed by atoms with E-state index in [4.69, 9.17) is 16.1 Å². The van der Waals surface area contributed by atoms with Gasteiger partial charge in [0.2, 0.25) is 17.6 Å². The molecule has 160 valence electrons. The van der Waals surface area contributed by atoms with Crippen molar-refractivity contribution in [3.05, 3.63) is 71.1 Å². The van der Waals surface area contributed by atoms with Gasteiger partial charge in [0.15, 0.2) is 9.84 Å². The van der Waals surface area contributed by atoms with E-state index in [-0.39, 0.29) is 31.2 Å². The molecule has 2 saturated heterocycles. The van der Waals surface area contributed by atoms with Gasteiger partial charge in [-0.15, -0.1) is 0 Å². The summed E-state index contributed by atoms with van der Waals surface area (Å²) in [5.41, 5.74) is 1.64. The minimum Gasteiger partial charge on any atom is -0.339 e. The van der Waals surface area contributed by atoms with Gasteiger partial charge in [0, 0.05) is 23.7 Å². The SMILES string of the molecule is O=C(Cc1ccc(Cl)cc1)N1CC2(C1)C(c1nc(-c3ccccc3)no1)CCS2(=O)=O. The standard InChI is InChI=1S/C22H20ClN3O4S/c23-17-8-6-15(7-9-17)12-19(27)26-13-22(14-26)18(10-11-31(22,28)29)21-24-20(25-30-21)16-4-2-1-3-5-16/h1-9,18H,10-14H2. The average Bonchev–Trinajstić information content (AvgIpc) is 3.31. The van der Waals surface area contributed by atoms with Crippen LogP contribution in [0.4, 0.5) is 0 Å². The van der Waals surface area contributed by atoms with Crippen molar-refractivity contribution in [1.82, 2.24) is 15.0 Å². The lowest BCUT2D eigenvalue weighted by molar-refractivity contribution is -0.136. The van der Waals surface area contributed by atoms with E-state index in [1.807, 2.05) is 30.3 Å². The molecule has 7 nitrogen and oxygen atoms in total. The molecule has 9 heteroatoms. The van der Waals surface area contributed by atoms with Crippen LogP contribution in [0.15, 0.2) is 59.1 Å². The number of sulfone groups is 1. The number of hydrogen-bond acceptors (Lipinski definition) is 6. The second-order valence-corrected chi connectivity index (χ2v) is 11.0. The summed E-state index contributed by atoms with van der Waals surface area (Å²) in [6.45, 7) is 0.297. The minimum atomic E-state index is -3.39. The molecule has 2 aliphatic rings. The molecule has 5 rings (SSSR count). The number of aromatic nitrogens is 2. The Bertz CT molecular complexity index is 1220. The van der Waals surface area contributed by atoms with Gasteiger partial charge in [0.25, 0.3) is 0 Å². The maximum atomic E-state index is 12.9. The number of amides is 1. The lowest BCUT2D eigenvalue weighted by atomic mass is 9.82. The van der Waals surface area contributed by atoms with E-state index in [9.17, 15) is 13.2 Å². The van der Waals surface area contributed by atoms with Gasteiger partial charge in [0.05, 0.1) is 18.1 Å². The maximum absolute atomic E-state index is 12.9. The molecule has 0 aliphatic carbocycles. The predicted molar refractivity (Wildman–Crippen MR) is 115 cm³/mol. The molecule has 1 spiro atoms. The van der Waals surface area contributed by atoms with E-state index in [0.717, 1.165) is 11.1 Å². The van der Waals surface area contributed by atoms with E-state index in [1.54, 1.807) is 29.2 Å². The molecule has 1 aromatic heterocycles. The van der Waals surface area contributed by atoms with E-state index >= 15 is 0 Å². The smallest absolute Gasteiger partial charge is 0.231 e. The normalized spacial score (nSPS) is 21.2. The number of carbonyl (C=O) groups is 1. The third-order valence-corrected chi connectivity index (χ3v) is 9.05. The maximum Gasteiger partial charge on any atom is 0.231 e. The lowest BCUT2D eigenvalue weighted by Crippen LogP contribution is -2.67. The summed E-state index contributed by atoms with van der Waals surface area (Å²) in [5, 5.41) is 4.65. The molecule has 2 aliphatic heterocycles. The number of benzene rings is 2. The van der Waals surface area contributed by atoms with Crippen LogP contribution < -0.4 is 0 Å². The fourth-order valence-corrected chi connectivity index (χ4v) is 6.90. The zero-order chi connectivity index (χ0) is 21.6. The van der Waals surface area contributed by atoms with E-state index < -0.39 is 20.5 Å². The monoisotopic (exact) mass is 457 g/mol. The van der Waals surface area contributed by atoms with E-state index in [2.05, 4.69) is 10.1 Å². The first-order valence-electron chi connectivity index (χ1n) is 10.0. The van der Waals surface area contributed by atoms with Crippen molar-refractivity contribution in [2.45, 2.75) is 23.5 Å². The van der Waals surface area contributed by atoms with Crippen LogP contribution in [0.5, 0.6) is 0 Å². The predicted octanol–water partition coefficient (Wildman–Crippen LogP) is 3.12. The van der Waals surface area contributed by atoms with E-state index in [1.165, 1.54) is 0 Å². The summed E-state index contributed by atoms with van der Waals surface area (Å²) in [4.78, 5) is 18.8. The molecule has 3 aromatic rings. The molecule has 0 saturated carbocycles. The number of halogens is 1. The third-order valence-electron chi connectivity index (χ3n) is 6.24. The first kappa shape index (κ1) is 20.2. The Morgan fingerprint density at radius 3 is 2.55 bits per heavy atom. The zero-order valence-electron chi connectivity index (χ0n) is 16.6. The molecule has 0 radical (unpaired) electrons. The van der Waals surface area contributed by atoms with Crippen LogP contribution >= 0.6 is 11.6 Å². The van der Waals surface area contributed by atoms with Crippen molar-refractivity contribution in [3.8, 4) is 11.4 Å². The van der Waals surface area contributed by atoms with Gasteiger partial charge >= 0.3 is 0 Å². The van der Waals surface area contributed by atoms with Gasteiger partial charge in [-0.05, 0) is 24.1 Å². The highest BCUT2D eigenvalue weighted by Gasteiger charge is 2.64. The van der Waals surface area contributed by atoms with Gasteiger partial charge < -0.3 is 9.42 Å². The zero-order valence-corrected chi connectivity index (χ0v) is 18.1. The van der Waals surface area contributed by atoms with Crippen molar-refractivity contribution >= 4 is 27.3 Å². The summed E-state index contributed by atoms with van der Waals surface area (Å²) >= 11 is 5.90. The number of carbonyl (C=O) groups excluding carboxylic acids is 1. The quantitative estimate of drug-likeness (QED) is 0.597. The van der Waals surface area contributed by atoms with Crippen LogP contribution in [0.3, 0.4) is 0 Å². The topological polar surface area (TPSA) is 93.4 Å². The Morgan fingerprint density at radius 1 is 1.13 bits per heavy atom. The highest BCUT2D eigenvalue weighted by atomic mass is 35.5. The molecular formula is C22H20ClN3O4S. The summed E-state index contributed by atoms with van der Waals surface area (Å²) in [6, 6.07) is 16.5. The molecule has 0 N–H and O–H groups in total. The molecule has 1 unspecified atom stereocenters. The average molecular weight is 458 g/mol. The summed E-state index contributed by atoms with van der Waals surface area (Å²) in [6.07, 6.45) is 0.620. The van der Waals surface area contributed by atoms with Gasteiger partial charge in [-0.3, -0.25) is 4.79 Å². The Balaban J connectivity index is 1.35. The molecule has 2 fully saturated rings. The Labute approximate surface area is 184 Å². The van der Waals surface area contributed by atoms with Crippen LogP contribution in [0, 0.1) is 0 Å². The summed E-state index contributed by atoms with van der Waals surface area (Å²) in [5.74, 6) is 0.293. The molecule has 1 atom stereocenters. The van der Waals surface area contributed by atoms with Crippen molar-refractivity contribution in [3.63, 3.8) is 0 Å². The second-order valence-electron chi connectivity index (χ2n) is 8.10. The Morgan fingerprint density at radius 2 is 1.84 bits per heavy atom. The van der Waals surface area contributed by atoms with Crippen LogP contribution in [-0.2, 0) is 21.1 Å². The minimum absolute atomic E-state index is 0.0555. The fraction of sp³-hybridized carbons (Fsp3) is 0.318. The number of likely N-dealkylation sites (tertiary alicyclic amines) is 1. The molecular weight excluding hydrogens is 438 g/mol. The Hall–Kier alpha value is -2.71. The van der Waals surface area contributed by atoms with Crippen molar-refractivity contribution in [2.75, 3.05) is 18.8 Å². The second kappa shape index (κ2) is 7.46. The largest absolute Gasteiger partial charge is 0.339 e. The number of nitrogens with zero attached hydrogens (tertiary/aromatic N) is 3. The molecule has 2 aromatic carbocycles. The fourth-order valence-electron chi connectivity index (χ4n) is 4.47. The molecule has 3 heterocycles. The van der Waals surface area contributed by atoms with Gasteiger partial charge in [-0.1, -0.05) is 59.2 Å². The van der Waals surface area contributed by atoms with Crippen molar-refractivity contribution < 1.29 is 17.7 Å². The first-order valence-corrected chi connectivity index (χ1v) is 12.0.